The van der Waals surface area contributed by atoms with E-state index in [0.717, 1.165) is 6.42 Å². The highest BCUT2D eigenvalue weighted by Crippen LogP contribution is 2.16. The summed E-state index contributed by atoms with van der Waals surface area (Å²) in [4.78, 5) is 14.7. The molecule has 4 heteroatoms. The van der Waals surface area contributed by atoms with Crippen LogP contribution in [-0.2, 0) is 0 Å². The van der Waals surface area contributed by atoms with Crippen molar-refractivity contribution >= 4 is 11.8 Å². The normalized spacial score (nSPS) is 13.6. The van der Waals surface area contributed by atoms with Crippen LogP contribution in [0, 0.1) is 12.3 Å². The Morgan fingerprint density at radius 2 is 2.38 bits per heavy atom. The third-order valence-electron chi connectivity index (χ3n) is 2.40. The zero-order valence-corrected chi connectivity index (χ0v) is 9.32. The largest absolute Gasteiger partial charge is 0.477 e. The van der Waals surface area contributed by atoms with Crippen LogP contribution < -0.4 is 5.32 Å². The third-order valence-corrected chi connectivity index (χ3v) is 2.40. The van der Waals surface area contributed by atoms with Gasteiger partial charge in [-0.3, -0.25) is 0 Å². The molecule has 0 aliphatic heterocycles. The number of nitrogens with zero attached hydrogens (tertiary/aromatic N) is 1. The summed E-state index contributed by atoms with van der Waals surface area (Å²) in [5.41, 5.74) is -0.509. The molecule has 0 saturated carbocycles. The Kier molecular flexibility index (Phi) is 3.51. The summed E-state index contributed by atoms with van der Waals surface area (Å²) in [5, 5.41) is 11.8. The number of rotatable bonds is 4. The maximum absolute atomic E-state index is 10.7. The van der Waals surface area contributed by atoms with Crippen molar-refractivity contribution in [2.45, 2.75) is 25.8 Å². The second-order valence-corrected chi connectivity index (χ2v) is 3.67. The molecule has 0 bridgehead atoms. The fraction of sp³-hybridized carbons (Fsp3) is 0.333. The first-order chi connectivity index (χ1) is 7.50. The second-order valence-electron chi connectivity index (χ2n) is 3.67. The van der Waals surface area contributed by atoms with E-state index in [1.54, 1.807) is 12.1 Å². The first-order valence-corrected chi connectivity index (χ1v) is 4.97. The predicted octanol–water partition coefficient (Wildman–Crippen LogP) is 1.99. The van der Waals surface area contributed by atoms with Gasteiger partial charge in [0.05, 0.1) is 5.54 Å². The Morgan fingerprint density at radius 3 is 2.88 bits per heavy atom. The molecule has 0 spiro atoms. The van der Waals surface area contributed by atoms with Crippen LogP contribution in [0.5, 0.6) is 0 Å². The molecule has 1 aromatic heterocycles. The maximum atomic E-state index is 10.7. The Hall–Kier alpha value is -2.02. The highest BCUT2D eigenvalue weighted by Gasteiger charge is 2.18. The smallest absolute Gasteiger partial charge is 0.354 e. The van der Waals surface area contributed by atoms with Gasteiger partial charge in [0.1, 0.15) is 5.82 Å². The molecule has 0 fully saturated rings. The number of terminal acetylenes is 1. The molecule has 4 nitrogen and oxygen atoms in total. The zero-order valence-electron chi connectivity index (χ0n) is 9.32. The quantitative estimate of drug-likeness (QED) is 0.759. The SMILES string of the molecule is C#CC(C)(CC)Nc1cccc(C(=O)O)n1. The molecule has 0 saturated heterocycles. The topological polar surface area (TPSA) is 62.2 Å². The van der Waals surface area contributed by atoms with Crippen LogP contribution in [0.1, 0.15) is 30.8 Å². The van der Waals surface area contributed by atoms with Gasteiger partial charge in [0.2, 0.25) is 0 Å². The monoisotopic (exact) mass is 218 g/mol. The van der Waals surface area contributed by atoms with Crippen molar-refractivity contribution in [1.29, 1.82) is 0 Å². The molecule has 1 unspecified atom stereocenters. The minimum Gasteiger partial charge on any atom is -0.477 e. The number of hydrogen-bond acceptors (Lipinski definition) is 3. The third kappa shape index (κ3) is 2.74. The van der Waals surface area contributed by atoms with Crippen molar-refractivity contribution in [2.75, 3.05) is 5.32 Å². The Bertz CT molecular complexity index is 437. The van der Waals surface area contributed by atoms with Crippen LogP contribution in [0.25, 0.3) is 0 Å². The first-order valence-electron chi connectivity index (χ1n) is 4.97. The number of pyridine rings is 1. The van der Waals surface area contributed by atoms with Crippen LogP contribution in [0.15, 0.2) is 18.2 Å². The van der Waals surface area contributed by atoms with Crippen molar-refractivity contribution in [1.82, 2.24) is 4.98 Å². The summed E-state index contributed by atoms with van der Waals surface area (Å²) in [7, 11) is 0. The van der Waals surface area contributed by atoms with E-state index in [1.165, 1.54) is 6.07 Å². The van der Waals surface area contributed by atoms with E-state index >= 15 is 0 Å². The van der Waals surface area contributed by atoms with Crippen LogP contribution in [0.2, 0.25) is 0 Å². The number of carboxylic acid groups (broad SMARTS) is 1. The standard InChI is InChI=1S/C12H14N2O2/c1-4-12(3,5-2)14-10-8-6-7-9(13-10)11(15)16/h1,6-8H,5H2,2-3H3,(H,13,14)(H,15,16). The van der Waals surface area contributed by atoms with Gasteiger partial charge in [-0.2, -0.15) is 0 Å². The molecule has 0 aromatic carbocycles. The summed E-state index contributed by atoms with van der Waals surface area (Å²) in [6.07, 6.45) is 6.13. The molecule has 0 aliphatic rings. The number of aromatic nitrogens is 1. The predicted molar refractivity (Wildman–Crippen MR) is 62.3 cm³/mol. The number of carboxylic acids is 1. The molecular weight excluding hydrogens is 204 g/mol. The zero-order chi connectivity index (χ0) is 12.2. The van der Waals surface area contributed by atoms with E-state index in [9.17, 15) is 4.79 Å². The average Bonchev–Trinajstić information content (AvgIpc) is 2.29. The van der Waals surface area contributed by atoms with Gasteiger partial charge in [0.25, 0.3) is 0 Å². The van der Waals surface area contributed by atoms with Gasteiger partial charge in [0.15, 0.2) is 5.69 Å². The molecule has 0 amide bonds. The molecule has 1 heterocycles. The van der Waals surface area contributed by atoms with Crippen LogP contribution in [0.4, 0.5) is 5.82 Å². The number of nitrogens with one attached hydrogen (secondary N) is 1. The summed E-state index contributed by atoms with van der Waals surface area (Å²) >= 11 is 0. The van der Waals surface area contributed by atoms with Gasteiger partial charge in [0, 0.05) is 0 Å². The molecule has 1 aromatic rings. The Labute approximate surface area is 94.7 Å². The Morgan fingerprint density at radius 1 is 1.69 bits per heavy atom. The molecular formula is C12H14N2O2. The summed E-state index contributed by atoms with van der Waals surface area (Å²) in [5.74, 6) is 2.05. The number of anilines is 1. The van der Waals surface area contributed by atoms with Crippen molar-refractivity contribution in [3.8, 4) is 12.3 Å². The van der Waals surface area contributed by atoms with Gasteiger partial charge in [-0.15, -0.1) is 6.42 Å². The molecule has 1 atom stereocenters. The van der Waals surface area contributed by atoms with E-state index in [2.05, 4.69) is 16.2 Å². The van der Waals surface area contributed by atoms with E-state index in [1.807, 2.05) is 13.8 Å². The average molecular weight is 218 g/mol. The Balaban J connectivity index is 2.94. The lowest BCUT2D eigenvalue weighted by Crippen LogP contribution is -2.32. The minimum absolute atomic E-state index is 0.000439. The fourth-order valence-corrected chi connectivity index (χ4v) is 1.13. The maximum Gasteiger partial charge on any atom is 0.354 e. The van der Waals surface area contributed by atoms with E-state index in [-0.39, 0.29) is 5.69 Å². The molecule has 16 heavy (non-hydrogen) atoms. The lowest BCUT2D eigenvalue weighted by atomic mass is 10.0. The highest BCUT2D eigenvalue weighted by atomic mass is 16.4. The first kappa shape index (κ1) is 12.1. The lowest BCUT2D eigenvalue weighted by molar-refractivity contribution is 0.0690. The van der Waals surface area contributed by atoms with E-state index in [0.29, 0.717) is 5.82 Å². The summed E-state index contributed by atoms with van der Waals surface area (Å²) in [6.45, 7) is 3.82. The number of carbonyl (C=O) groups is 1. The van der Waals surface area contributed by atoms with Crippen molar-refractivity contribution in [3.05, 3.63) is 23.9 Å². The van der Waals surface area contributed by atoms with E-state index in [4.69, 9.17) is 11.5 Å². The molecule has 0 aliphatic carbocycles. The van der Waals surface area contributed by atoms with Crippen molar-refractivity contribution < 1.29 is 9.90 Å². The minimum atomic E-state index is -1.05. The fourth-order valence-electron chi connectivity index (χ4n) is 1.13. The highest BCUT2D eigenvalue weighted by molar-refractivity contribution is 5.85. The van der Waals surface area contributed by atoms with Crippen molar-refractivity contribution in [2.24, 2.45) is 0 Å². The van der Waals surface area contributed by atoms with E-state index < -0.39 is 11.5 Å². The van der Waals surface area contributed by atoms with Crippen LogP contribution >= 0.6 is 0 Å². The van der Waals surface area contributed by atoms with Gasteiger partial charge in [-0.05, 0) is 25.5 Å². The molecule has 1 rings (SSSR count). The summed E-state index contributed by atoms with van der Waals surface area (Å²) in [6, 6.07) is 4.76. The number of aromatic carboxylic acids is 1. The lowest BCUT2D eigenvalue weighted by Gasteiger charge is -2.24. The van der Waals surface area contributed by atoms with Gasteiger partial charge >= 0.3 is 5.97 Å². The van der Waals surface area contributed by atoms with Gasteiger partial charge < -0.3 is 10.4 Å². The molecule has 0 radical (unpaired) electrons. The van der Waals surface area contributed by atoms with Crippen LogP contribution in [-0.4, -0.2) is 21.6 Å². The number of hydrogen-bond donors (Lipinski definition) is 2. The molecule has 2 N–H and O–H groups in total. The molecule has 84 valence electrons. The van der Waals surface area contributed by atoms with Crippen molar-refractivity contribution in [3.63, 3.8) is 0 Å². The van der Waals surface area contributed by atoms with Gasteiger partial charge in [-0.1, -0.05) is 18.9 Å². The summed E-state index contributed by atoms with van der Waals surface area (Å²) < 4.78 is 0. The van der Waals surface area contributed by atoms with Gasteiger partial charge in [-0.25, -0.2) is 9.78 Å². The second kappa shape index (κ2) is 4.67. The van der Waals surface area contributed by atoms with Crippen LogP contribution in [0.3, 0.4) is 0 Å².